The zero-order valence-corrected chi connectivity index (χ0v) is 26.6. The predicted octanol–water partition coefficient (Wildman–Crippen LogP) is 7.03. The molecule has 11 heteroatoms. The first-order valence-electron chi connectivity index (χ1n) is 16.3. The van der Waals surface area contributed by atoms with Gasteiger partial charge in [-0.2, -0.15) is 5.10 Å². The van der Waals surface area contributed by atoms with Crippen molar-refractivity contribution in [3.05, 3.63) is 109 Å². The van der Waals surface area contributed by atoms with Crippen LogP contribution in [0, 0.1) is 5.82 Å². The van der Waals surface area contributed by atoms with E-state index in [1.54, 1.807) is 24.8 Å². The number of likely N-dealkylation sites (tertiary alicyclic amines) is 1. The minimum atomic E-state index is -0.370. The normalized spacial score (nSPS) is 13.3. The van der Waals surface area contributed by atoms with Crippen molar-refractivity contribution in [1.82, 2.24) is 35.0 Å². The number of fused-ring (bicyclic) bond motifs is 2. The summed E-state index contributed by atoms with van der Waals surface area (Å²) in [5, 5.41) is 11.5. The lowest BCUT2D eigenvalue weighted by molar-refractivity contribution is -0.115. The number of H-pyrrole nitrogens is 2. The minimum Gasteiger partial charge on any atom is -0.492 e. The van der Waals surface area contributed by atoms with Gasteiger partial charge in [-0.25, -0.2) is 9.37 Å². The third-order valence-corrected chi connectivity index (χ3v) is 8.79. The van der Waals surface area contributed by atoms with Crippen molar-refractivity contribution in [2.45, 2.75) is 19.3 Å². The summed E-state index contributed by atoms with van der Waals surface area (Å²) >= 11 is 0. The molecule has 2 aromatic carbocycles. The van der Waals surface area contributed by atoms with Crippen molar-refractivity contribution < 1.29 is 13.9 Å². The number of carbonyl (C=O) groups excluding carboxylic acids is 1. The fourth-order valence-electron chi connectivity index (χ4n) is 6.39. The molecule has 1 saturated heterocycles. The second-order valence-corrected chi connectivity index (χ2v) is 12.2. The molecule has 244 valence electrons. The quantitative estimate of drug-likeness (QED) is 0.145. The molecule has 1 fully saturated rings. The first-order chi connectivity index (χ1) is 24.1. The Bertz CT molecular complexity index is 2280. The fourth-order valence-corrected chi connectivity index (χ4v) is 6.39. The van der Waals surface area contributed by atoms with Gasteiger partial charge in [0.05, 0.1) is 46.9 Å². The number of aromatic nitrogens is 6. The molecule has 10 nitrogen and oxygen atoms in total. The summed E-state index contributed by atoms with van der Waals surface area (Å²) in [6, 6.07) is 22.0. The van der Waals surface area contributed by atoms with Gasteiger partial charge in [0.15, 0.2) is 0 Å². The van der Waals surface area contributed by atoms with Crippen molar-refractivity contribution in [2.75, 3.05) is 31.6 Å². The van der Waals surface area contributed by atoms with Gasteiger partial charge in [-0.05, 0) is 73.5 Å². The van der Waals surface area contributed by atoms with Gasteiger partial charge in [0.2, 0.25) is 5.91 Å². The van der Waals surface area contributed by atoms with Crippen molar-refractivity contribution in [3.8, 4) is 39.5 Å². The maximum absolute atomic E-state index is 14.8. The van der Waals surface area contributed by atoms with E-state index in [-0.39, 0.29) is 18.1 Å². The SMILES string of the molecule is O=C(Cc1ccccc1)Nc1cncc(-c2ccc3[nH]nc(-c4cc5c(-c6cc(F)cc(OCCN7CCCC7)c6)cncc5[nH]4)c3n2)c1. The Balaban J connectivity index is 1.06. The minimum absolute atomic E-state index is 0.127. The largest absolute Gasteiger partial charge is 0.492 e. The third kappa shape index (κ3) is 6.61. The fraction of sp³-hybridized carbons (Fsp3) is 0.184. The number of halogens is 1. The number of rotatable bonds is 10. The number of benzene rings is 2. The van der Waals surface area contributed by atoms with Gasteiger partial charge in [0.25, 0.3) is 0 Å². The van der Waals surface area contributed by atoms with Crippen LogP contribution >= 0.6 is 0 Å². The van der Waals surface area contributed by atoms with E-state index >= 15 is 0 Å². The predicted molar refractivity (Wildman–Crippen MR) is 188 cm³/mol. The molecule has 8 rings (SSSR count). The number of nitrogens with one attached hydrogen (secondary N) is 3. The number of hydrogen-bond acceptors (Lipinski definition) is 7. The monoisotopic (exact) mass is 652 g/mol. The van der Waals surface area contributed by atoms with Crippen LogP contribution in [-0.2, 0) is 11.2 Å². The lowest BCUT2D eigenvalue weighted by atomic mass is 10.0. The number of hydrogen-bond donors (Lipinski definition) is 3. The molecule has 0 bridgehead atoms. The number of anilines is 1. The van der Waals surface area contributed by atoms with E-state index in [2.05, 4.69) is 35.4 Å². The molecule has 0 saturated carbocycles. The molecule has 1 aliphatic heterocycles. The van der Waals surface area contributed by atoms with Crippen molar-refractivity contribution >= 4 is 33.5 Å². The highest BCUT2D eigenvalue weighted by Crippen LogP contribution is 2.35. The van der Waals surface area contributed by atoms with Gasteiger partial charge in [-0.1, -0.05) is 30.3 Å². The molecule has 0 aliphatic carbocycles. The maximum Gasteiger partial charge on any atom is 0.228 e. The molecule has 0 spiro atoms. The summed E-state index contributed by atoms with van der Waals surface area (Å²) < 4.78 is 20.8. The van der Waals surface area contributed by atoms with Crippen LogP contribution in [0.3, 0.4) is 0 Å². The molecule has 7 aromatic rings. The molecular formula is C38H33FN8O2. The molecule has 1 aliphatic rings. The Morgan fingerprint density at radius 3 is 2.63 bits per heavy atom. The maximum atomic E-state index is 14.8. The van der Waals surface area contributed by atoms with Gasteiger partial charge in [-0.15, -0.1) is 0 Å². The molecule has 5 aromatic heterocycles. The van der Waals surface area contributed by atoms with Crippen LogP contribution in [0.4, 0.5) is 10.1 Å². The standard InChI is InChI=1S/C38H33FN8O2/c39-27-15-25(17-29(18-27)49-13-12-47-10-4-5-11-47)31-22-41-23-35-30(31)19-34(43-35)38-37-33(45-46-38)9-8-32(44-37)26-16-28(21-40-20-26)42-36(48)14-24-6-2-1-3-7-24/h1-3,6-9,15-23,43H,4-5,10-14H2,(H,42,48)(H,45,46). The summed E-state index contributed by atoms with van der Waals surface area (Å²) in [7, 11) is 0. The molecule has 0 atom stereocenters. The highest BCUT2D eigenvalue weighted by Gasteiger charge is 2.17. The Hall–Kier alpha value is -5.94. The highest BCUT2D eigenvalue weighted by atomic mass is 19.1. The lowest BCUT2D eigenvalue weighted by Crippen LogP contribution is -2.25. The van der Waals surface area contributed by atoms with Gasteiger partial charge in [0.1, 0.15) is 29.4 Å². The summed E-state index contributed by atoms with van der Waals surface area (Å²) in [6.07, 6.45) is 9.51. The molecule has 0 unspecified atom stereocenters. The van der Waals surface area contributed by atoms with E-state index in [4.69, 9.17) is 9.72 Å². The van der Waals surface area contributed by atoms with Crippen LogP contribution < -0.4 is 10.1 Å². The Morgan fingerprint density at radius 1 is 0.898 bits per heavy atom. The van der Waals surface area contributed by atoms with Crippen LogP contribution in [0.15, 0.2) is 97.6 Å². The number of nitrogens with zero attached hydrogens (tertiary/aromatic N) is 5. The number of pyridine rings is 3. The molecule has 1 amide bonds. The number of amides is 1. The summed E-state index contributed by atoms with van der Waals surface area (Å²) in [6.45, 7) is 3.50. The summed E-state index contributed by atoms with van der Waals surface area (Å²) in [5.41, 5.74) is 7.96. The van der Waals surface area contributed by atoms with E-state index in [0.29, 0.717) is 40.5 Å². The Morgan fingerprint density at radius 2 is 1.76 bits per heavy atom. The molecule has 49 heavy (non-hydrogen) atoms. The average Bonchev–Trinajstić information content (AvgIpc) is 3.88. The van der Waals surface area contributed by atoms with E-state index in [1.807, 2.05) is 60.7 Å². The average molecular weight is 653 g/mol. The van der Waals surface area contributed by atoms with Gasteiger partial charge < -0.3 is 15.0 Å². The summed E-state index contributed by atoms with van der Waals surface area (Å²) in [5.74, 6) is -0.00468. The topological polar surface area (TPSA) is 125 Å². The molecule has 3 N–H and O–H groups in total. The number of carbonyl (C=O) groups is 1. The molecule has 6 heterocycles. The van der Waals surface area contributed by atoms with Crippen molar-refractivity contribution in [3.63, 3.8) is 0 Å². The molecular weight excluding hydrogens is 619 g/mol. The zero-order valence-electron chi connectivity index (χ0n) is 26.6. The van der Waals surface area contributed by atoms with Crippen molar-refractivity contribution in [2.24, 2.45) is 0 Å². The smallest absolute Gasteiger partial charge is 0.228 e. The third-order valence-electron chi connectivity index (χ3n) is 8.79. The second-order valence-electron chi connectivity index (χ2n) is 12.2. The van der Waals surface area contributed by atoms with Gasteiger partial charge >= 0.3 is 0 Å². The molecule has 0 radical (unpaired) electrons. The second kappa shape index (κ2) is 13.3. The van der Waals surface area contributed by atoms with E-state index < -0.39 is 0 Å². The zero-order chi connectivity index (χ0) is 33.2. The Kier molecular flexibility index (Phi) is 8.24. The van der Waals surface area contributed by atoms with Crippen molar-refractivity contribution in [1.29, 1.82) is 0 Å². The van der Waals surface area contributed by atoms with E-state index in [9.17, 15) is 9.18 Å². The van der Waals surface area contributed by atoms with Gasteiger partial charge in [-0.3, -0.25) is 24.8 Å². The first-order valence-corrected chi connectivity index (χ1v) is 16.3. The lowest BCUT2D eigenvalue weighted by Gasteiger charge is -2.15. The van der Waals surface area contributed by atoms with Crippen LogP contribution in [0.25, 0.3) is 55.7 Å². The number of aromatic amines is 2. The highest BCUT2D eigenvalue weighted by molar-refractivity contribution is 6.00. The van der Waals surface area contributed by atoms with Crippen LogP contribution in [0.2, 0.25) is 0 Å². The number of ether oxygens (including phenoxy) is 1. The van der Waals surface area contributed by atoms with E-state index in [0.717, 1.165) is 58.4 Å². The van der Waals surface area contributed by atoms with Gasteiger partial charge in [0, 0.05) is 41.5 Å². The van der Waals surface area contributed by atoms with Crippen LogP contribution in [0.1, 0.15) is 18.4 Å². The first kappa shape index (κ1) is 30.4. The Labute approximate surface area is 281 Å². The summed E-state index contributed by atoms with van der Waals surface area (Å²) in [4.78, 5) is 32.2. The van der Waals surface area contributed by atoms with Crippen LogP contribution in [-0.4, -0.2) is 67.2 Å². The van der Waals surface area contributed by atoms with E-state index in [1.165, 1.54) is 25.0 Å². The van der Waals surface area contributed by atoms with Crippen LogP contribution in [0.5, 0.6) is 5.75 Å².